The largest absolute Gasteiger partial charge is 0.352 e. The lowest BCUT2D eigenvalue weighted by molar-refractivity contribution is -0.107. The molecule has 3 heteroatoms. The van der Waals surface area contributed by atoms with Crippen molar-refractivity contribution in [3.05, 3.63) is 53.1 Å². The normalized spacial score (nSPS) is 9.70. The van der Waals surface area contributed by atoms with Gasteiger partial charge in [-0.1, -0.05) is 51.1 Å². The first-order valence-corrected chi connectivity index (χ1v) is 7.72. The minimum absolute atomic E-state index is 0. The van der Waals surface area contributed by atoms with E-state index >= 15 is 0 Å². The fourth-order valence-corrected chi connectivity index (χ4v) is 1.81. The summed E-state index contributed by atoms with van der Waals surface area (Å²) >= 11 is 0. The molecule has 3 nitrogen and oxygen atoms in total. The second-order valence-electron chi connectivity index (χ2n) is 4.75. The van der Waals surface area contributed by atoms with Gasteiger partial charge in [0.25, 0.3) is 5.91 Å². The average molecular weight is 317 g/mol. The molecule has 1 aromatic carbocycles. The lowest BCUT2D eigenvalue weighted by atomic mass is 10.0. The van der Waals surface area contributed by atoms with E-state index in [4.69, 9.17) is 0 Å². The Kier molecular flexibility index (Phi) is 13.6. The summed E-state index contributed by atoms with van der Waals surface area (Å²) in [5.41, 5.74) is 4.05. The number of aldehydes is 1. The lowest BCUT2D eigenvalue weighted by Gasteiger charge is -2.06. The zero-order valence-electron chi connectivity index (χ0n) is 14.3. The van der Waals surface area contributed by atoms with Crippen LogP contribution >= 0.6 is 0 Å². The molecule has 0 spiro atoms. The van der Waals surface area contributed by atoms with Gasteiger partial charge in [0.1, 0.15) is 6.29 Å². The van der Waals surface area contributed by atoms with E-state index < -0.39 is 0 Å². The van der Waals surface area contributed by atoms with Gasteiger partial charge in [0.15, 0.2) is 0 Å². The molecule has 0 aromatic heterocycles. The van der Waals surface area contributed by atoms with Crippen molar-refractivity contribution in [1.29, 1.82) is 0 Å². The SMILES string of the molecule is C.C/C=C(\C=C(C)C)c1ccc(C(=O)NCCC=O)cc1.CC. The molecule has 0 atom stereocenters. The van der Waals surface area contributed by atoms with Crippen LogP contribution in [0.2, 0.25) is 0 Å². The molecule has 0 saturated carbocycles. The molecule has 128 valence electrons. The van der Waals surface area contributed by atoms with Gasteiger partial charge in [0.2, 0.25) is 0 Å². The third-order valence-corrected chi connectivity index (χ3v) is 2.78. The average Bonchev–Trinajstić information content (AvgIpc) is 2.54. The van der Waals surface area contributed by atoms with Crippen molar-refractivity contribution in [1.82, 2.24) is 5.32 Å². The number of rotatable bonds is 6. The Bertz CT molecular complexity index is 521. The lowest BCUT2D eigenvalue weighted by Crippen LogP contribution is -2.24. The molecule has 1 N–H and O–H groups in total. The number of carbonyl (C=O) groups excluding carboxylic acids is 2. The van der Waals surface area contributed by atoms with Gasteiger partial charge in [-0.25, -0.2) is 0 Å². The molecule has 0 saturated heterocycles. The van der Waals surface area contributed by atoms with Crippen molar-refractivity contribution in [3.63, 3.8) is 0 Å². The molecule has 0 heterocycles. The van der Waals surface area contributed by atoms with Crippen LogP contribution in [-0.2, 0) is 4.79 Å². The highest BCUT2D eigenvalue weighted by atomic mass is 16.1. The number of benzene rings is 1. The molecule has 1 aromatic rings. The van der Waals surface area contributed by atoms with Gasteiger partial charge in [-0.2, -0.15) is 0 Å². The highest BCUT2D eigenvalue weighted by Gasteiger charge is 2.05. The van der Waals surface area contributed by atoms with Crippen molar-refractivity contribution >= 4 is 17.8 Å². The van der Waals surface area contributed by atoms with E-state index in [1.54, 1.807) is 12.1 Å². The van der Waals surface area contributed by atoms with E-state index in [-0.39, 0.29) is 13.3 Å². The minimum atomic E-state index is -0.150. The van der Waals surface area contributed by atoms with Crippen LogP contribution in [0.15, 0.2) is 42.0 Å². The topological polar surface area (TPSA) is 46.2 Å². The van der Waals surface area contributed by atoms with Crippen LogP contribution in [-0.4, -0.2) is 18.7 Å². The fourth-order valence-electron chi connectivity index (χ4n) is 1.81. The third-order valence-electron chi connectivity index (χ3n) is 2.78. The molecule has 0 aliphatic rings. The number of amides is 1. The van der Waals surface area contributed by atoms with Crippen LogP contribution in [0.5, 0.6) is 0 Å². The van der Waals surface area contributed by atoms with E-state index in [0.29, 0.717) is 18.5 Å². The predicted molar refractivity (Wildman–Crippen MR) is 101 cm³/mol. The van der Waals surface area contributed by atoms with Crippen molar-refractivity contribution in [2.24, 2.45) is 0 Å². The number of allylic oxidation sites excluding steroid dienone is 4. The Labute approximate surface area is 141 Å². The molecular weight excluding hydrogens is 286 g/mol. The van der Waals surface area contributed by atoms with Crippen LogP contribution in [0.1, 0.15) is 64.4 Å². The molecule has 0 bridgehead atoms. The minimum Gasteiger partial charge on any atom is -0.352 e. The number of carbonyl (C=O) groups is 2. The highest BCUT2D eigenvalue weighted by Crippen LogP contribution is 2.18. The molecule has 0 radical (unpaired) electrons. The molecule has 0 unspecified atom stereocenters. The number of hydrogen-bond acceptors (Lipinski definition) is 2. The van der Waals surface area contributed by atoms with Crippen LogP contribution in [0.3, 0.4) is 0 Å². The maximum atomic E-state index is 11.8. The first kappa shape index (κ1) is 23.1. The summed E-state index contributed by atoms with van der Waals surface area (Å²) in [6, 6.07) is 7.47. The maximum absolute atomic E-state index is 11.8. The van der Waals surface area contributed by atoms with Crippen LogP contribution in [0.4, 0.5) is 0 Å². The highest BCUT2D eigenvalue weighted by molar-refractivity contribution is 5.94. The van der Waals surface area contributed by atoms with Gasteiger partial charge in [0.05, 0.1) is 0 Å². The molecule has 23 heavy (non-hydrogen) atoms. The summed E-state index contributed by atoms with van der Waals surface area (Å²) in [5.74, 6) is -0.150. The molecular formula is C20H31NO2. The van der Waals surface area contributed by atoms with Crippen LogP contribution in [0, 0.1) is 0 Å². The maximum Gasteiger partial charge on any atom is 0.251 e. The van der Waals surface area contributed by atoms with Gasteiger partial charge >= 0.3 is 0 Å². The van der Waals surface area contributed by atoms with Gasteiger partial charge in [0, 0.05) is 18.5 Å². The Hall–Kier alpha value is -2.16. The van der Waals surface area contributed by atoms with Gasteiger partial charge < -0.3 is 10.1 Å². The second-order valence-corrected chi connectivity index (χ2v) is 4.75. The smallest absolute Gasteiger partial charge is 0.251 e. The van der Waals surface area contributed by atoms with Gasteiger partial charge in [-0.05, 0) is 44.0 Å². The van der Waals surface area contributed by atoms with E-state index in [1.165, 1.54) is 5.57 Å². The van der Waals surface area contributed by atoms with E-state index in [1.807, 2.05) is 39.0 Å². The van der Waals surface area contributed by atoms with Crippen molar-refractivity contribution in [2.45, 2.75) is 48.5 Å². The van der Waals surface area contributed by atoms with E-state index in [9.17, 15) is 9.59 Å². The molecule has 0 aliphatic heterocycles. The van der Waals surface area contributed by atoms with Crippen molar-refractivity contribution < 1.29 is 9.59 Å². The first-order chi connectivity index (χ1) is 10.6. The zero-order valence-corrected chi connectivity index (χ0v) is 14.3. The molecule has 0 aliphatic carbocycles. The first-order valence-electron chi connectivity index (χ1n) is 7.72. The third kappa shape index (κ3) is 8.77. The fraction of sp³-hybridized carbons (Fsp3) is 0.400. The Morgan fingerprint density at radius 1 is 1.09 bits per heavy atom. The van der Waals surface area contributed by atoms with E-state index in [0.717, 1.165) is 17.4 Å². The van der Waals surface area contributed by atoms with Crippen LogP contribution < -0.4 is 5.32 Å². The number of hydrogen-bond donors (Lipinski definition) is 1. The summed E-state index contributed by atoms with van der Waals surface area (Å²) < 4.78 is 0. The van der Waals surface area contributed by atoms with Gasteiger partial charge in [-0.3, -0.25) is 4.79 Å². The predicted octanol–water partition coefficient (Wildman–Crippen LogP) is 5.04. The van der Waals surface area contributed by atoms with Gasteiger partial charge in [-0.15, -0.1) is 0 Å². The second kappa shape index (κ2) is 13.5. The molecule has 1 amide bonds. The van der Waals surface area contributed by atoms with Crippen molar-refractivity contribution in [2.75, 3.05) is 6.54 Å². The summed E-state index contributed by atoms with van der Waals surface area (Å²) in [7, 11) is 0. The monoisotopic (exact) mass is 317 g/mol. The summed E-state index contributed by atoms with van der Waals surface area (Å²) in [6.45, 7) is 10.5. The molecule has 0 fully saturated rings. The Morgan fingerprint density at radius 2 is 1.61 bits per heavy atom. The Morgan fingerprint density at radius 3 is 2.04 bits per heavy atom. The van der Waals surface area contributed by atoms with E-state index in [2.05, 4.69) is 25.2 Å². The number of nitrogens with one attached hydrogen (secondary N) is 1. The summed E-state index contributed by atoms with van der Waals surface area (Å²) in [4.78, 5) is 22.0. The quantitative estimate of drug-likeness (QED) is 0.454. The van der Waals surface area contributed by atoms with Crippen LogP contribution in [0.25, 0.3) is 5.57 Å². The Balaban J connectivity index is 0. The summed E-state index contributed by atoms with van der Waals surface area (Å²) in [6.07, 6.45) is 5.29. The zero-order chi connectivity index (χ0) is 17.0. The summed E-state index contributed by atoms with van der Waals surface area (Å²) in [5, 5.41) is 2.70. The standard InChI is InChI=1S/C17H21NO2.C2H6.CH4/c1-4-14(12-13(2)3)15-6-8-16(9-7-15)17(20)18-10-5-11-19;1-2;/h4,6-9,11-12H,5,10H2,1-3H3,(H,18,20);1-2H3;1H4/b14-4+;;. The molecule has 1 rings (SSSR count). The van der Waals surface area contributed by atoms with Crippen molar-refractivity contribution in [3.8, 4) is 0 Å².